The van der Waals surface area contributed by atoms with Gasteiger partial charge >= 0.3 is 0 Å². The van der Waals surface area contributed by atoms with Gasteiger partial charge in [-0.25, -0.2) is 0 Å². The summed E-state index contributed by atoms with van der Waals surface area (Å²) in [7, 11) is 0. The molecule has 0 saturated carbocycles. The predicted molar refractivity (Wildman–Crippen MR) is 68.0 cm³/mol. The average Bonchev–Trinajstić information content (AvgIpc) is 3.06. The van der Waals surface area contributed by atoms with Gasteiger partial charge in [0.25, 0.3) is 0 Å². The molecule has 1 N–H and O–H groups in total. The van der Waals surface area contributed by atoms with Crippen molar-refractivity contribution in [2.75, 3.05) is 20.0 Å². The fourth-order valence-corrected chi connectivity index (χ4v) is 2.33. The third-order valence-corrected chi connectivity index (χ3v) is 3.42. The maximum Gasteiger partial charge on any atom is 0.231 e. The highest BCUT2D eigenvalue weighted by Crippen LogP contribution is 2.32. The van der Waals surface area contributed by atoms with Crippen LogP contribution < -0.4 is 14.8 Å². The van der Waals surface area contributed by atoms with Crippen molar-refractivity contribution in [2.45, 2.75) is 19.4 Å². The molecule has 0 radical (unpaired) electrons. The molecule has 5 nitrogen and oxygen atoms in total. The summed E-state index contributed by atoms with van der Waals surface area (Å²) < 4.78 is 15.8. The molecule has 1 atom stereocenters. The van der Waals surface area contributed by atoms with Crippen LogP contribution in [0.3, 0.4) is 0 Å². The van der Waals surface area contributed by atoms with Crippen LogP contribution in [0.5, 0.6) is 11.5 Å². The molecule has 0 bridgehead atoms. The number of carbonyl (C=O) groups is 1. The SMILES string of the molecule is O=C(CC1CCOC1)NCc1ccc2c(c1)OCO2. The Balaban J connectivity index is 1.50. The van der Waals surface area contributed by atoms with Crippen molar-refractivity contribution in [1.82, 2.24) is 5.32 Å². The van der Waals surface area contributed by atoms with Gasteiger partial charge in [0.2, 0.25) is 12.7 Å². The normalized spacial score (nSPS) is 20.5. The van der Waals surface area contributed by atoms with E-state index in [2.05, 4.69) is 5.32 Å². The lowest BCUT2D eigenvalue weighted by Gasteiger charge is -2.09. The fraction of sp³-hybridized carbons (Fsp3) is 0.500. The third-order valence-electron chi connectivity index (χ3n) is 3.42. The predicted octanol–water partition coefficient (Wildman–Crippen LogP) is 1.46. The van der Waals surface area contributed by atoms with Crippen LogP contribution in [0, 0.1) is 5.92 Å². The van der Waals surface area contributed by atoms with Gasteiger partial charge in [0.15, 0.2) is 11.5 Å². The molecule has 1 saturated heterocycles. The van der Waals surface area contributed by atoms with Gasteiger partial charge in [-0.3, -0.25) is 4.79 Å². The van der Waals surface area contributed by atoms with Crippen LogP contribution in [0.1, 0.15) is 18.4 Å². The summed E-state index contributed by atoms with van der Waals surface area (Å²) in [6.45, 7) is 2.27. The summed E-state index contributed by atoms with van der Waals surface area (Å²) in [6, 6.07) is 5.71. The van der Waals surface area contributed by atoms with Crippen LogP contribution in [-0.2, 0) is 16.1 Å². The number of hydrogen-bond acceptors (Lipinski definition) is 4. The standard InChI is InChI=1S/C14H17NO4/c16-14(6-11-3-4-17-8-11)15-7-10-1-2-12-13(5-10)19-9-18-12/h1-2,5,11H,3-4,6-9H2,(H,15,16). The van der Waals surface area contributed by atoms with Gasteiger partial charge in [-0.15, -0.1) is 0 Å². The van der Waals surface area contributed by atoms with Gasteiger partial charge in [-0.05, 0) is 30.0 Å². The first-order valence-electron chi connectivity index (χ1n) is 6.54. The summed E-state index contributed by atoms with van der Waals surface area (Å²) in [5.41, 5.74) is 1.01. The zero-order valence-electron chi connectivity index (χ0n) is 10.7. The van der Waals surface area contributed by atoms with E-state index in [1.165, 1.54) is 0 Å². The van der Waals surface area contributed by atoms with E-state index in [9.17, 15) is 4.79 Å². The molecule has 102 valence electrons. The topological polar surface area (TPSA) is 56.8 Å². The van der Waals surface area contributed by atoms with Crippen molar-refractivity contribution in [3.05, 3.63) is 23.8 Å². The van der Waals surface area contributed by atoms with E-state index in [4.69, 9.17) is 14.2 Å². The third kappa shape index (κ3) is 2.98. The molecule has 2 heterocycles. The summed E-state index contributed by atoms with van der Waals surface area (Å²) in [5.74, 6) is 1.96. The number of hydrogen-bond donors (Lipinski definition) is 1. The first-order chi connectivity index (χ1) is 9.31. The van der Waals surface area contributed by atoms with Crippen molar-refractivity contribution in [3.63, 3.8) is 0 Å². The molecule has 1 amide bonds. The van der Waals surface area contributed by atoms with Crippen LogP contribution in [0.4, 0.5) is 0 Å². The highest BCUT2D eigenvalue weighted by Gasteiger charge is 2.19. The molecule has 2 aliphatic rings. The van der Waals surface area contributed by atoms with E-state index >= 15 is 0 Å². The first kappa shape index (κ1) is 12.3. The molecule has 0 spiro atoms. The van der Waals surface area contributed by atoms with Crippen LogP contribution >= 0.6 is 0 Å². The van der Waals surface area contributed by atoms with Crippen molar-refractivity contribution in [1.29, 1.82) is 0 Å². The van der Waals surface area contributed by atoms with Crippen molar-refractivity contribution >= 4 is 5.91 Å². The van der Waals surface area contributed by atoms with Gasteiger partial charge < -0.3 is 19.5 Å². The Bertz CT molecular complexity index is 469. The molecule has 19 heavy (non-hydrogen) atoms. The van der Waals surface area contributed by atoms with E-state index in [1.807, 2.05) is 18.2 Å². The molecule has 1 unspecified atom stereocenters. The van der Waals surface area contributed by atoms with Gasteiger partial charge in [0.05, 0.1) is 0 Å². The van der Waals surface area contributed by atoms with Crippen LogP contribution in [0.25, 0.3) is 0 Å². The van der Waals surface area contributed by atoms with Gasteiger partial charge in [-0.1, -0.05) is 6.07 Å². The smallest absolute Gasteiger partial charge is 0.231 e. The molecule has 1 aromatic rings. The van der Waals surface area contributed by atoms with Crippen LogP contribution in [-0.4, -0.2) is 25.9 Å². The Kier molecular flexibility index (Phi) is 3.55. The van der Waals surface area contributed by atoms with Crippen molar-refractivity contribution in [3.8, 4) is 11.5 Å². The zero-order valence-corrected chi connectivity index (χ0v) is 10.7. The first-order valence-corrected chi connectivity index (χ1v) is 6.54. The van der Waals surface area contributed by atoms with E-state index in [0.29, 0.717) is 25.5 Å². The van der Waals surface area contributed by atoms with E-state index in [-0.39, 0.29) is 12.7 Å². The van der Waals surface area contributed by atoms with Gasteiger partial charge in [-0.2, -0.15) is 0 Å². The lowest BCUT2D eigenvalue weighted by molar-refractivity contribution is -0.122. The lowest BCUT2D eigenvalue weighted by Crippen LogP contribution is -2.25. The molecule has 3 rings (SSSR count). The highest BCUT2D eigenvalue weighted by molar-refractivity contribution is 5.76. The summed E-state index contributed by atoms with van der Waals surface area (Å²) in [4.78, 5) is 11.8. The van der Waals surface area contributed by atoms with Crippen LogP contribution in [0.2, 0.25) is 0 Å². The minimum absolute atomic E-state index is 0.0770. The number of fused-ring (bicyclic) bond motifs is 1. The molecular formula is C14H17NO4. The van der Waals surface area contributed by atoms with Crippen molar-refractivity contribution < 1.29 is 19.0 Å². The molecule has 5 heteroatoms. The average molecular weight is 263 g/mol. The number of ether oxygens (including phenoxy) is 3. The highest BCUT2D eigenvalue weighted by atomic mass is 16.7. The second-order valence-corrected chi connectivity index (χ2v) is 4.90. The Morgan fingerprint density at radius 3 is 3.05 bits per heavy atom. The summed E-state index contributed by atoms with van der Waals surface area (Å²) in [5, 5.41) is 2.93. The summed E-state index contributed by atoms with van der Waals surface area (Å²) in [6.07, 6.45) is 1.53. The molecule has 1 aromatic carbocycles. The molecular weight excluding hydrogens is 246 g/mol. The largest absolute Gasteiger partial charge is 0.454 e. The molecule has 0 aliphatic carbocycles. The minimum atomic E-state index is 0.0770. The molecule has 1 fully saturated rings. The molecule has 2 aliphatic heterocycles. The van der Waals surface area contributed by atoms with Gasteiger partial charge in [0.1, 0.15) is 0 Å². The number of nitrogens with one attached hydrogen (secondary N) is 1. The van der Waals surface area contributed by atoms with E-state index in [0.717, 1.165) is 30.1 Å². The Hall–Kier alpha value is -1.75. The molecule has 0 aromatic heterocycles. The van der Waals surface area contributed by atoms with Crippen molar-refractivity contribution in [2.24, 2.45) is 5.92 Å². The number of amides is 1. The number of carbonyl (C=O) groups excluding carboxylic acids is 1. The van der Waals surface area contributed by atoms with Crippen LogP contribution in [0.15, 0.2) is 18.2 Å². The monoisotopic (exact) mass is 263 g/mol. The second kappa shape index (κ2) is 5.48. The van der Waals surface area contributed by atoms with E-state index < -0.39 is 0 Å². The van der Waals surface area contributed by atoms with E-state index in [1.54, 1.807) is 0 Å². The fourth-order valence-electron chi connectivity index (χ4n) is 2.33. The number of rotatable bonds is 4. The summed E-state index contributed by atoms with van der Waals surface area (Å²) >= 11 is 0. The lowest BCUT2D eigenvalue weighted by atomic mass is 10.0. The minimum Gasteiger partial charge on any atom is -0.454 e. The maximum atomic E-state index is 11.8. The Morgan fingerprint density at radius 2 is 2.21 bits per heavy atom. The Labute approximate surface area is 111 Å². The van der Waals surface area contributed by atoms with Gasteiger partial charge in [0, 0.05) is 26.2 Å². The second-order valence-electron chi connectivity index (χ2n) is 4.90. The maximum absolute atomic E-state index is 11.8. The Morgan fingerprint density at radius 1 is 1.32 bits per heavy atom. The number of benzene rings is 1. The zero-order chi connectivity index (χ0) is 13.1. The quantitative estimate of drug-likeness (QED) is 0.893.